The molecule has 0 aromatic heterocycles. The van der Waals surface area contributed by atoms with Crippen molar-refractivity contribution in [3.63, 3.8) is 0 Å². The summed E-state index contributed by atoms with van der Waals surface area (Å²) in [5, 5.41) is 0. The fourth-order valence-electron chi connectivity index (χ4n) is 6.63. The Morgan fingerprint density at radius 3 is 1.58 bits per heavy atom. The smallest absolute Gasteiger partial charge is 0.329 e. The van der Waals surface area contributed by atoms with E-state index in [2.05, 4.69) is 62.5 Å². The van der Waals surface area contributed by atoms with Gasteiger partial charge in [0.25, 0.3) is 0 Å². The maximum Gasteiger partial charge on any atom is 0.329 e. The van der Waals surface area contributed by atoms with Crippen LogP contribution in [0.3, 0.4) is 0 Å². The number of amides is 1. The maximum absolute atomic E-state index is 13.3. The molecule has 1 rings (SSSR count). The second-order valence-electron chi connectivity index (χ2n) is 14.9. The second kappa shape index (κ2) is 36.3. The Hall–Kier alpha value is -2.67. The Labute approximate surface area is 325 Å². The molecule has 0 aromatic carbocycles. The highest BCUT2D eigenvalue weighted by molar-refractivity contribution is 5.85. The average Bonchev–Trinajstić information content (AvgIpc) is 3.58. The zero-order valence-corrected chi connectivity index (χ0v) is 34.3. The van der Waals surface area contributed by atoms with Crippen LogP contribution in [0.15, 0.2) is 48.6 Å². The van der Waals surface area contributed by atoms with Gasteiger partial charge < -0.3 is 20.1 Å². The number of carbonyl (C=O) groups excluding carboxylic acids is 3. The van der Waals surface area contributed by atoms with Crippen LogP contribution in [0.4, 0.5) is 0 Å². The van der Waals surface area contributed by atoms with Crippen molar-refractivity contribution in [2.45, 2.75) is 206 Å². The highest BCUT2D eigenvalue weighted by Gasteiger charge is 2.41. The minimum absolute atomic E-state index is 0.0481. The number of nitrogens with two attached hydrogens (primary N) is 1. The highest BCUT2D eigenvalue weighted by Crippen LogP contribution is 2.24. The number of nitrogens with zero attached hydrogens (tertiary/aromatic N) is 1. The van der Waals surface area contributed by atoms with E-state index >= 15 is 0 Å². The fourth-order valence-corrected chi connectivity index (χ4v) is 6.63. The van der Waals surface area contributed by atoms with E-state index in [1.807, 2.05) is 0 Å². The fraction of sp³-hybridized carbons (Fsp3) is 0.761. The molecule has 0 saturated carbocycles. The molecule has 1 saturated heterocycles. The number of ether oxygens (including phenoxy) is 2. The third-order valence-corrected chi connectivity index (χ3v) is 9.92. The van der Waals surface area contributed by atoms with Gasteiger partial charge >= 0.3 is 11.9 Å². The number of esters is 2. The summed E-state index contributed by atoms with van der Waals surface area (Å²) in [6, 6.07) is -0.688. The van der Waals surface area contributed by atoms with Crippen molar-refractivity contribution in [3.8, 4) is 0 Å². The molecule has 1 aliphatic heterocycles. The summed E-state index contributed by atoms with van der Waals surface area (Å²) >= 11 is 0. The van der Waals surface area contributed by atoms with Crippen LogP contribution in [0.25, 0.3) is 0 Å². The first kappa shape index (κ1) is 48.3. The SMILES string of the molecule is CCCCC/C=C\C/C=C\CCCCCCCCOC(=O)C1CC(OC(=O)CCCCN)CN1C(=O)CCCCCCC/C=C\C/C=C\CCCCC. The van der Waals surface area contributed by atoms with E-state index in [0.717, 1.165) is 83.5 Å². The monoisotopic (exact) mass is 741 g/mol. The molecule has 0 spiro atoms. The van der Waals surface area contributed by atoms with Crippen LogP contribution in [0.5, 0.6) is 0 Å². The van der Waals surface area contributed by atoms with Crippen molar-refractivity contribution < 1.29 is 23.9 Å². The van der Waals surface area contributed by atoms with E-state index in [1.165, 1.54) is 70.6 Å². The normalized spacial score (nSPS) is 16.2. The van der Waals surface area contributed by atoms with Crippen LogP contribution in [-0.4, -0.2) is 54.6 Å². The maximum atomic E-state index is 13.3. The van der Waals surface area contributed by atoms with Crippen LogP contribution >= 0.6 is 0 Å². The standard InChI is InChI=1S/C46H80N2O5/c1-3-5-7-9-11-13-15-17-19-21-23-25-27-29-31-35-39-52-46(51)43-40-42(53-45(50)37-33-34-38-47)41-48(43)44(49)36-32-30-28-26-24-22-20-18-16-14-12-10-8-6-4-2/h11-14,17-20,42-43H,3-10,15-16,21-41,47H2,1-2H3/b13-11-,14-12-,19-17-,20-18-. The van der Waals surface area contributed by atoms with Crippen molar-refractivity contribution in [2.24, 2.45) is 5.73 Å². The van der Waals surface area contributed by atoms with Gasteiger partial charge in [0.1, 0.15) is 12.1 Å². The van der Waals surface area contributed by atoms with Crippen LogP contribution in [0.2, 0.25) is 0 Å². The second-order valence-corrected chi connectivity index (χ2v) is 14.9. The van der Waals surface area contributed by atoms with Crippen LogP contribution < -0.4 is 5.73 Å². The van der Waals surface area contributed by atoms with Gasteiger partial charge in [0, 0.05) is 19.3 Å². The average molecular weight is 741 g/mol. The van der Waals surface area contributed by atoms with Crippen molar-refractivity contribution in [1.29, 1.82) is 0 Å². The van der Waals surface area contributed by atoms with Gasteiger partial charge in [0.15, 0.2) is 0 Å². The first-order chi connectivity index (χ1) is 26.0. The summed E-state index contributed by atoms with van der Waals surface area (Å²) < 4.78 is 11.4. The molecule has 7 nitrogen and oxygen atoms in total. The van der Waals surface area contributed by atoms with Gasteiger partial charge in [-0.3, -0.25) is 9.59 Å². The molecule has 0 aliphatic carbocycles. The Morgan fingerprint density at radius 1 is 0.585 bits per heavy atom. The summed E-state index contributed by atoms with van der Waals surface area (Å²) in [6.45, 7) is 5.63. The molecule has 0 aromatic rings. The Morgan fingerprint density at radius 2 is 1.06 bits per heavy atom. The van der Waals surface area contributed by atoms with Gasteiger partial charge in [-0.2, -0.15) is 0 Å². The topological polar surface area (TPSA) is 98.9 Å². The van der Waals surface area contributed by atoms with Crippen LogP contribution in [0, 0.1) is 0 Å². The lowest BCUT2D eigenvalue weighted by Gasteiger charge is -2.23. The summed E-state index contributed by atoms with van der Waals surface area (Å²) in [4.78, 5) is 40.5. The zero-order chi connectivity index (χ0) is 38.5. The zero-order valence-electron chi connectivity index (χ0n) is 34.3. The van der Waals surface area contributed by atoms with Crippen LogP contribution in [-0.2, 0) is 23.9 Å². The van der Waals surface area contributed by atoms with Gasteiger partial charge in [0.2, 0.25) is 5.91 Å². The quantitative estimate of drug-likeness (QED) is 0.0394. The number of hydrogen-bond acceptors (Lipinski definition) is 6. The molecule has 1 aliphatic rings. The van der Waals surface area contributed by atoms with Crippen molar-refractivity contribution in [2.75, 3.05) is 19.7 Å². The third-order valence-electron chi connectivity index (χ3n) is 9.92. The first-order valence-corrected chi connectivity index (χ1v) is 22.0. The van der Waals surface area contributed by atoms with E-state index in [0.29, 0.717) is 38.8 Å². The number of carbonyl (C=O) groups is 3. The Kier molecular flexibility index (Phi) is 33.1. The van der Waals surface area contributed by atoms with Crippen LogP contribution in [0.1, 0.15) is 194 Å². The first-order valence-electron chi connectivity index (χ1n) is 22.0. The number of allylic oxidation sites excluding steroid dienone is 8. The molecule has 0 radical (unpaired) electrons. The largest absolute Gasteiger partial charge is 0.464 e. The number of rotatable bonds is 35. The predicted octanol–water partition coefficient (Wildman–Crippen LogP) is 11.8. The minimum atomic E-state index is -0.688. The van der Waals surface area contributed by atoms with Crippen molar-refractivity contribution in [3.05, 3.63) is 48.6 Å². The van der Waals surface area contributed by atoms with Gasteiger partial charge in [-0.15, -0.1) is 0 Å². The van der Waals surface area contributed by atoms with Gasteiger partial charge in [0.05, 0.1) is 13.2 Å². The van der Waals surface area contributed by atoms with E-state index in [-0.39, 0.29) is 24.4 Å². The lowest BCUT2D eigenvalue weighted by atomic mass is 10.1. The van der Waals surface area contributed by atoms with E-state index in [9.17, 15) is 14.4 Å². The number of hydrogen-bond donors (Lipinski definition) is 1. The highest BCUT2D eigenvalue weighted by atomic mass is 16.5. The summed E-state index contributed by atoms with van der Waals surface area (Å²) in [5.41, 5.74) is 5.56. The van der Waals surface area contributed by atoms with E-state index in [4.69, 9.17) is 15.2 Å². The molecule has 0 bridgehead atoms. The minimum Gasteiger partial charge on any atom is -0.464 e. The Bertz CT molecular complexity index is 1020. The number of unbranched alkanes of at least 4 members (excludes halogenated alkanes) is 18. The molecule has 1 amide bonds. The van der Waals surface area contributed by atoms with Crippen molar-refractivity contribution >= 4 is 17.8 Å². The van der Waals surface area contributed by atoms with Gasteiger partial charge in [-0.25, -0.2) is 4.79 Å². The molecule has 2 unspecified atom stereocenters. The van der Waals surface area contributed by atoms with E-state index in [1.54, 1.807) is 4.90 Å². The van der Waals surface area contributed by atoms with Gasteiger partial charge in [-0.1, -0.05) is 133 Å². The Balaban J connectivity index is 2.32. The molecule has 1 fully saturated rings. The molecular weight excluding hydrogens is 661 g/mol. The molecule has 7 heteroatoms. The predicted molar refractivity (Wildman–Crippen MR) is 223 cm³/mol. The summed E-state index contributed by atoms with van der Waals surface area (Å²) in [5.74, 6) is -0.712. The molecular formula is C46H80N2O5. The molecule has 2 atom stereocenters. The van der Waals surface area contributed by atoms with Gasteiger partial charge in [-0.05, 0) is 96.4 Å². The molecule has 2 N–H and O–H groups in total. The number of likely N-dealkylation sites (tertiary alicyclic amines) is 1. The molecule has 304 valence electrons. The summed E-state index contributed by atoms with van der Waals surface area (Å²) in [6.07, 6.45) is 46.5. The molecule has 1 heterocycles. The lowest BCUT2D eigenvalue weighted by molar-refractivity contribution is -0.153. The molecule has 53 heavy (non-hydrogen) atoms. The van der Waals surface area contributed by atoms with Crippen molar-refractivity contribution in [1.82, 2.24) is 4.90 Å². The lowest BCUT2D eigenvalue weighted by Crippen LogP contribution is -2.41. The van der Waals surface area contributed by atoms with E-state index < -0.39 is 12.1 Å². The third kappa shape index (κ3) is 28.4. The summed E-state index contributed by atoms with van der Waals surface area (Å²) in [7, 11) is 0.